The SMILES string of the molecule is CC(C)(C)C1(O)CCN(C2CC2)C1. The van der Waals surface area contributed by atoms with Crippen LogP contribution in [0.1, 0.15) is 40.0 Å². The lowest BCUT2D eigenvalue weighted by molar-refractivity contribution is -0.0480. The van der Waals surface area contributed by atoms with Gasteiger partial charge in [0.25, 0.3) is 0 Å². The van der Waals surface area contributed by atoms with E-state index in [9.17, 15) is 5.11 Å². The number of likely N-dealkylation sites (tertiary alicyclic amines) is 1. The molecule has 0 amide bonds. The molecule has 0 radical (unpaired) electrons. The Labute approximate surface area is 80.9 Å². The molecule has 76 valence electrons. The zero-order chi connectivity index (χ0) is 9.69. The summed E-state index contributed by atoms with van der Waals surface area (Å²) in [7, 11) is 0. The molecule has 1 aliphatic carbocycles. The first-order chi connectivity index (χ1) is 5.92. The highest BCUT2D eigenvalue weighted by molar-refractivity contribution is 5.02. The fourth-order valence-corrected chi connectivity index (χ4v) is 2.19. The molecule has 1 N–H and O–H groups in total. The van der Waals surface area contributed by atoms with Crippen molar-refractivity contribution in [2.75, 3.05) is 13.1 Å². The Hall–Kier alpha value is -0.0800. The lowest BCUT2D eigenvalue weighted by Gasteiger charge is -2.37. The summed E-state index contributed by atoms with van der Waals surface area (Å²) in [5.74, 6) is 0. The summed E-state index contributed by atoms with van der Waals surface area (Å²) in [6, 6.07) is 0.802. The minimum atomic E-state index is -0.449. The topological polar surface area (TPSA) is 23.5 Å². The summed E-state index contributed by atoms with van der Waals surface area (Å²) in [6.07, 6.45) is 3.65. The highest BCUT2D eigenvalue weighted by atomic mass is 16.3. The molecule has 1 heterocycles. The van der Waals surface area contributed by atoms with Crippen molar-refractivity contribution in [1.29, 1.82) is 0 Å². The summed E-state index contributed by atoms with van der Waals surface area (Å²) in [6.45, 7) is 8.41. The molecule has 0 aromatic rings. The first-order valence-electron chi connectivity index (χ1n) is 5.39. The van der Waals surface area contributed by atoms with E-state index < -0.39 is 5.60 Å². The molecule has 0 spiro atoms. The number of nitrogens with zero attached hydrogens (tertiary/aromatic N) is 1. The van der Waals surface area contributed by atoms with Crippen molar-refractivity contribution < 1.29 is 5.11 Å². The minimum absolute atomic E-state index is 0.0244. The average Bonchev–Trinajstić information content (AvgIpc) is 2.74. The van der Waals surface area contributed by atoms with Crippen molar-refractivity contribution in [3.8, 4) is 0 Å². The van der Waals surface area contributed by atoms with Crippen LogP contribution in [0.3, 0.4) is 0 Å². The average molecular weight is 183 g/mol. The molecule has 2 rings (SSSR count). The van der Waals surface area contributed by atoms with Gasteiger partial charge in [0.15, 0.2) is 0 Å². The summed E-state index contributed by atoms with van der Waals surface area (Å²) in [5.41, 5.74) is -0.424. The highest BCUT2D eigenvalue weighted by Gasteiger charge is 2.48. The third-order valence-electron chi connectivity index (χ3n) is 3.74. The Morgan fingerprint density at radius 2 is 1.92 bits per heavy atom. The van der Waals surface area contributed by atoms with Gasteiger partial charge in [-0.25, -0.2) is 0 Å². The van der Waals surface area contributed by atoms with Gasteiger partial charge in [-0.15, -0.1) is 0 Å². The first-order valence-corrected chi connectivity index (χ1v) is 5.39. The Balaban J connectivity index is 2.02. The summed E-state index contributed by atoms with van der Waals surface area (Å²) in [4.78, 5) is 2.46. The third kappa shape index (κ3) is 1.62. The van der Waals surface area contributed by atoms with Crippen LogP contribution < -0.4 is 0 Å². The summed E-state index contributed by atoms with van der Waals surface area (Å²) in [5, 5.41) is 10.4. The number of β-amino-alcohol motifs (C(OH)–C–C–N with tert-alkyl or cyclic N) is 1. The molecule has 1 atom stereocenters. The maximum absolute atomic E-state index is 10.4. The van der Waals surface area contributed by atoms with Gasteiger partial charge in [-0.1, -0.05) is 20.8 Å². The van der Waals surface area contributed by atoms with Gasteiger partial charge in [0.2, 0.25) is 0 Å². The van der Waals surface area contributed by atoms with Gasteiger partial charge in [0, 0.05) is 19.1 Å². The van der Waals surface area contributed by atoms with Crippen LogP contribution in [-0.2, 0) is 0 Å². The van der Waals surface area contributed by atoms with Crippen LogP contribution in [0.4, 0.5) is 0 Å². The molecule has 1 saturated heterocycles. The highest BCUT2D eigenvalue weighted by Crippen LogP contribution is 2.41. The second kappa shape index (κ2) is 2.71. The van der Waals surface area contributed by atoms with Crippen LogP contribution in [0.25, 0.3) is 0 Å². The van der Waals surface area contributed by atoms with E-state index in [4.69, 9.17) is 0 Å². The molecular weight excluding hydrogens is 162 g/mol. The van der Waals surface area contributed by atoms with Gasteiger partial charge >= 0.3 is 0 Å². The van der Waals surface area contributed by atoms with Crippen LogP contribution in [0, 0.1) is 5.41 Å². The number of aliphatic hydroxyl groups is 1. The van der Waals surface area contributed by atoms with E-state index in [0.29, 0.717) is 0 Å². The molecule has 0 aromatic heterocycles. The number of hydrogen-bond acceptors (Lipinski definition) is 2. The smallest absolute Gasteiger partial charge is 0.0834 e. The van der Waals surface area contributed by atoms with E-state index in [0.717, 1.165) is 25.6 Å². The normalized spacial score (nSPS) is 36.9. The fourth-order valence-electron chi connectivity index (χ4n) is 2.19. The van der Waals surface area contributed by atoms with E-state index in [-0.39, 0.29) is 5.41 Å². The maximum atomic E-state index is 10.4. The van der Waals surface area contributed by atoms with E-state index in [1.807, 2.05) is 0 Å². The van der Waals surface area contributed by atoms with Gasteiger partial charge in [-0.3, -0.25) is 4.90 Å². The monoisotopic (exact) mass is 183 g/mol. The molecule has 1 unspecified atom stereocenters. The van der Waals surface area contributed by atoms with E-state index in [2.05, 4.69) is 25.7 Å². The molecule has 1 saturated carbocycles. The Morgan fingerprint density at radius 1 is 1.31 bits per heavy atom. The molecule has 1 aliphatic heterocycles. The largest absolute Gasteiger partial charge is 0.388 e. The van der Waals surface area contributed by atoms with Crippen molar-refractivity contribution in [3.05, 3.63) is 0 Å². The summed E-state index contributed by atoms with van der Waals surface area (Å²) < 4.78 is 0. The molecule has 0 aromatic carbocycles. The third-order valence-corrected chi connectivity index (χ3v) is 3.74. The molecule has 2 fully saturated rings. The quantitative estimate of drug-likeness (QED) is 0.668. The second-order valence-electron chi connectivity index (χ2n) is 5.73. The van der Waals surface area contributed by atoms with Crippen molar-refractivity contribution in [2.45, 2.75) is 51.7 Å². The Morgan fingerprint density at radius 3 is 2.31 bits per heavy atom. The molecular formula is C11H21NO. The Bertz CT molecular complexity index is 205. The van der Waals surface area contributed by atoms with Crippen LogP contribution in [-0.4, -0.2) is 34.7 Å². The lowest BCUT2D eigenvalue weighted by Crippen LogP contribution is -2.45. The molecule has 2 heteroatoms. The summed E-state index contributed by atoms with van der Waals surface area (Å²) >= 11 is 0. The predicted molar refractivity (Wildman–Crippen MR) is 53.6 cm³/mol. The number of hydrogen-bond donors (Lipinski definition) is 1. The van der Waals surface area contributed by atoms with Gasteiger partial charge in [-0.2, -0.15) is 0 Å². The van der Waals surface area contributed by atoms with Gasteiger partial charge in [0.1, 0.15) is 0 Å². The van der Waals surface area contributed by atoms with Gasteiger partial charge in [0.05, 0.1) is 5.60 Å². The van der Waals surface area contributed by atoms with Crippen molar-refractivity contribution in [2.24, 2.45) is 5.41 Å². The van der Waals surface area contributed by atoms with Gasteiger partial charge in [-0.05, 0) is 24.7 Å². The first kappa shape index (κ1) is 9.47. The van der Waals surface area contributed by atoms with Crippen molar-refractivity contribution in [1.82, 2.24) is 4.90 Å². The zero-order valence-corrected chi connectivity index (χ0v) is 9.01. The molecule has 2 aliphatic rings. The Kier molecular flexibility index (Phi) is 1.97. The lowest BCUT2D eigenvalue weighted by atomic mass is 9.76. The maximum Gasteiger partial charge on any atom is 0.0834 e. The molecule has 13 heavy (non-hydrogen) atoms. The standard InChI is InChI=1S/C11H21NO/c1-10(2,3)11(13)6-7-12(8-11)9-4-5-9/h9,13H,4-8H2,1-3H3. The molecule has 2 nitrogen and oxygen atoms in total. The van der Waals surface area contributed by atoms with E-state index >= 15 is 0 Å². The molecule has 0 bridgehead atoms. The predicted octanol–water partition coefficient (Wildman–Crippen LogP) is 1.63. The zero-order valence-electron chi connectivity index (χ0n) is 9.01. The van der Waals surface area contributed by atoms with Gasteiger partial charge < -0.3 is 5.11 Å². The van der Waals surface area contributed by atoms with Crippen molar-refractivity contribution >= 4 is 0 Å². The van der Waals surface area contributed by atoms with Crippen LogP contribution in [0.2, 0.25) is 0 Å². The van der Waals surface area contributed by atoms with E-state index in [1.165, 1.54) is 12.8 Å². The minimum Gasteiger partial charge on any atom is -0.388 e. The van der Waals surface area contributed by atoms with Crippen LogP contribution in [0.15, 0.2) is 0 Å². The van der Waals surface area contributed by atoms with Crippen LogP contribution >= 0.6 is 0 Å². The van der Waals surface area contributed by atoms with E-state index in [1.54, 1.807) is 0 Å². The number of rotatable bonds is 1. The fraction of sp³-hybridized carbons (Fsp3) is 1.00. The van der Waals surface area contributed by atoms with Crippen molar-refractivity contribution in [3.63, 3.8) is 0 Å². The second-order valence-corrected chi connectivity index (χ2v) is 5.73. The van der Waals surface area contributed by atoms with Crippen LogP contribution in [0.5, 0.6) is 0 Å².